The number of ether oxygens (including phenoxy) is 1. The average Bonchev–Trinajstić information content (AvgIpc) is 2.36. The second-order valence-electron chi connectivity index (χ2n) is 4.58. The molecule has 0 aliphatic rings. The number of nitrogens with one attached hydrogen (secondary N) is 1. The highest BCUT2D eigenvalue weighted by molar-refractivity contribution is 9.10. The number of benzene rings is 1. The van der Waals surface area contributed by atoms with Crippen molar-refractivity contribution in [1.82, 2.24) is 4.98 Å². The Labute approximate surface area is 122 Å². The first-order valence-electron chi connectivity index (χ1n) is 6.05. The van der Waals surface area contributed by atoms with Gasteiger partial charge in [0.2, 0.25) is 0 Å². The maximum Gasteiger partial charge on any atom is 0.142 e. The van der Waals surface area contributed by atoms with Crippen LogP contribution in [0.4, 0.5) is 11.5 Å². The molecule has 0 unspecified atom stereocenters. The molecule has 0 atom stereocenters. The van der Waals surface area contributed by atoms with E-state index in [2.05, 4.69) is 46.1 Å². The van der Waals surface area contributed by atoms with E-state index in [4.69, 9.17) is 4.74 Å². The molecular formula is C15H17BrN2O. The van der Waals surface area contributed by atoms with Gasteiger partial charge in [0.25, 0.3) is 0 Å². The highest BCUT2D eigenvalue weighted by atomic mass is 79.9. The molecule has 2 aromatic rings. The first-order valence-corrected chi connectivity index (χ1v) is 6.85. The molecule has 1 aromatic heterocycles. The van der Waals surface area contributed by atoms with E-state index in [0.717, 1.165) is 27.3 Å². The van der Waals surface area contributed by atoms with Crippen molar-refractivity contribution in [3.05, 3.63) is 45.6 Å². The molecule has 0 aliphatic heterocycles. The van der Waals surface area contributed by atoms with E-state index in [9.17, 15) is 0 Å². The number of nitrogens with zero attached hydrogens (tertiary/aromatic N) is 1. The van der Waals surface area contributed by atoms with Crippen molar-refractivity contribution in [2.45, 2.75) is 20.8 Å². The summed E-state index contributed by atoms with van der Waals surface area (Å²) in [4.78, 5) is 4.39. The fourth-order valence-corrected chi connectivity index (χ4v) is 2.30. The molecule has 3 nitrogen and oxygen atoms in total. The van der Waals surface area contributed by atoms with Crippen LogP contribution in [0.3, 0.4) is 0 Å². The van der Waals surface area contributed by atoms with Crippen LogP contribution < -0.4 is 10.1 Å². The highest BCUT2D eigenvalue weighted by Gasteiger charge is 2.08. The van der Waals surface area contributed by atoms with Gasteiger partial charge in [-0.1, -0.05) is 0 Å². The van der Waals surface area contributed by atoms with Crippen LogP contribution in [0.25, 0.3) is 0 Å². The van der Waals surface area contributed by atoms with E-state index in [1.165, 1.54) is 11.1 Å². The zero-order valence-corrected chi connectivity index (χ0v) is 13.1. The molecule has 0 spiro atoms. The topological polar surface area (TPSA) is 34.1 Å². The van der Waals surface area contributed by atoms with Crippen molar-refractivity contribution in [3.8, 4) is 5.75 Å². The van der Waals surface area contributed by atoms with Gasteiger partial charge in [0.15, 0.2) is 0 Å². The molecule has 0 aliphatic carbocycles. The van der Waals surface area contributed by atoms with E-state index < -0.39 is 0 Å². The summed E-state index contributed by atoms with van der Waals surface area (Å²) in [5, 5.41) is 3.33. The second-order valence-corrected chi connectivity index (χ2v) is 5.50. The van der Waals surface area contributed by atoms with Crippen molar-refractivity contribution in [2.24, 2.45) is 0 Å². The molecule has 0 bridgehead atoms. The Hall–Kier alpha value is -1.55. The number of anilines is 2. The van der Waals surface area contributed by atoms with Gasteiger partial charge in [-0.25, -0.2) is 4.98 Å². The van der Waals surface area contributed by atoms with Gasteiger partial charge in [0, 0.05) is 10.7 Å². The minimum atomic E-state index is 0.826. The SMILES string of the molecule is COc1cc(C)c(C)cc1Nc1ncc(Br)cc1C. The Morgan fingerprint density at radius 1 is 1.05 bits per heavy atom. The van der Waals surface area contributed by atoms with Crippen molar-refractivity contribution >= 4 is 27.4 Å². The summed E-state index contributed by atoms with van der Waals surface area (Å²) in [6.45, 7) is 6.18. The molecule has 0 amide bonds. The lowest BCUT2D eigenvalue weighted by Crippen LogP contribution is -2.00. The van der Waals surface area contributed by atoms with Crippen molar-refractivity contribution in [2.75, 3.05) is 12.4 Å². The quantitative estimate of drug-likeness (QED) is 0.902. The molecule has 1 heterocycles. The van der Waals surface area contributed by atoms with Gasteiger partial charge in [-0.05, 0) is 71.6 Å². The number of rotatable bonds is 3. The molecule has 100 valence electrons. The lowest BCUT2D eigenvalue weighted by atomic mass is 10.1. The molecular weight excluding hydrogens is 304 g/mol. The molecule has 0 saturated carbocycles. The standard InChI is InChI=1S/C15H17BrN2O/c1-9-6-13(14(19-4)7-10(9)2)18-15-11(3)5-12(16)8-17-15/h5-8H,1-4H3,(H,17,18). The maximum absolute atomic E-state index is 5.42. The Morgan fingerprint density at radius 2 is 1.74 bits per heavy atom. The summed E-state index contributed by atoms with van der Waals surface area (Å²) in [6, 6.07) is 6.14. The van der Waals surface area contributed by atoms with Crippen LogP contribution in [0.1, 0.15) is 16.7 Å². The third-order valence-electron chi connectivity index (χ3n) is 3.11. The van der Waals surface area contributed by atoms with E-state index in [-0.39, 0.29) is 0 Å². The fraction of sp³-hybridized carbons (Fsp3) is 0.267. The molecule has 0 saturated heterocycles. The summed E-state index contributed by atoms with van der Waals surface area (Å²) in [6.07, 6.45) is 1.78. The summed E-state index contributed by atoms with van der Waals surface area (Å²) in [7, 11) is 1.68. The molecule has 0 radical (unpaired) electrons. The second kappa shape index (κ2) is 5.61. The van der Waals surface area contributed by atoms with E-state index in [1.807, 2.05) is 19.1 Å². The third kappa shape index (κ3) is 3.07. The lowest BCUT2D eigenvalue weighted by molar-refractivity contribution is 0.416. The molecule has 0 fully saturated rings. The normalized spacial score (nSPS) is 10.4. The fourth-order valence-electron chi connectivity index (χ4n) is 1.86. The number of methoxy groups -OCH3 is 1. The first-order chi connectivity index (χ1) is 9.01. The van der Waals surface area contributed by atoms with E-state index >= 15 is 0 Å². The largest absolute Gasteiger partial charge is 0.495 e. The zero-order chi connectivity index (χ0) is 14.0. The summed E-state index contributed by atoms with van der Waals surface area (Å²) < 4.78 is 6.39. The van der Waals surface area contributed by atoms with Crippen LogP contribution in [0.2, 0.25) is 0 Å². The van der Waals surface area contributed by atoms with Gasteiger partial charge in [0.05, 0.1) is 12.8 Å². The minimum absolute atomic E-state index is 0.826. The van der Waals surface area contributed by atoms with Crippen LogP contribution in [0.15, 0.2) is 28.9 Å². The van der Waals surface area contributed by atoms with Gasteiger partial charge in [-0.2, -0.15) is 0 Å². The summed E-state index contributed by atoms with van der Waals surface area (Å²) in [5.74, 6) is 1.66. The van der Waals surface area contributed by atoms with Crippen molar-refractivity contribution in [1.29, 1.82) is 0 Å². The molecule has 2 rings (SSSR count). The van der Waals surface area contributed by atoms with Crippen LogP contribution in [-0.2, 0) is 0 Å². The number of hydrogen-bond donors (Lipinski definition) is 1. The first kappa shape index (κ1) is 13.9. The maximum atomic E-state index is 5.42. The van der Waals surface area contributed by atoms with E-state index in [1.54, 1.807) is 13.3 Å². The molecule has 1 aromatic carbocycles. The summed E-state index contributed by atoms with van der Waals surface area (Å²) in [5.41, 5.74) is 4.44. The predicted molar refractivity (Wildman–Crippen MR) is 82.4 cm³/mol. The van der Waals surface area contributed by atoms with Crippen molar-refractivity contribution < 1.29 is 4.74 Å². The Balaban J connectivity index is 2.40. The van der Waals surface area contributed by atoms with Crippen LogP contribution in [-0.4, -0.2) is 12.1 Å². The third-order valence-corrected chi connectivity index (χ3v) is 3.55. The Morgan fingerprint density at radius 3 is 2.37 bits per heavy atom. The Bertz CT molecular complexity index is 611. The molecule has 1 N–H and O–H groups in total. The van der Waals surface area contributed by atoms with Gasteiger partial charge >= 0.3 is 0 Å². The zero-order valence-electron chi connectivity index (χ0n) is 11.5. The minimum Gasteiger partial charge on any atom is -0.495 e. The predicted octanol–water partition coefficient (Wildman–Crippen LogP) is 4.52. The van der Waals surface area contributed by atoms with Gasteiger partial charge in [-0.15, -0.1) is 0 Å². The average molecular weight is 321 g/mol. The number of hydrogen-bond acceptors (Lipinski definition) is 3. The lowest BCUT2D eigenvalue weighted by Gasteiger charge is -2.14. The van der Waals surface area contributed by atoms with Crippen molar-refractivity contribution in [3.63, 3.8) is 0 Å². The molecule has 19 heavy (non-hydrogen) atoms. The van der Waals surface area contributed by atoms with E-state index in [0.29, 0.717) is 0 Å². The van der Waals surface area contributed by atoms with Crippen LogP contribution in [0.5, 0.6) is 5.75 Å². The summed E-state index contributed by atoms with van der Waals surface area (Å²) >= 11 is 3.42. The smallest absolute Gasteiger partial charge is 0.142 e. The van der Waals surface area contributed by atoms with Gasteiger partial charge in [-0.3, -0.25) is 0 Å². The number of halogens is 1. The van der Waals surface area contributed by atoms with Gasteiger partial charge < -0.3 is 10.1 Å². The van der Waals surface area contributed by atoms with Crippen LogP contribution >= 0.6 is 15.9 Å². The monoisotopic (exact) mass is 320 g/mol. The van der Waals surface area contributed by atoms with Gasteiger partial charge in [0.1, 0.15) is 11.6 Å². The number of pyridine rings is 1. The molecule has 4 heteroatoms. The Kier molecular flexibility index (Phi) is 4.10. The number of aryl methyl sites for hydroxylation is 3. The van der Waals surface area contributed by atoms with Crippen LogP contribution in [0, 0.1) is 20.8 Å². The highest BCUT2D eigenvalue weighted by Crippen LogP contribution is 2.31. The number of aromatic nitrogens is 1.